The molecule has 1 heterocycles. The number of rotatable bonds is 3. The maximum atomic E-state index is 12.1. The molecule has 2 rings (SSSR count). The summed E-state index contributed by atoms with van der Waals surface area (Å²) < 4.78 is 1.43. The lowest BCUT2D eigenvalue weighted by Crippen LogP contribution is -2.25. The number of benzene rings is 1. The fourth-order valence-corrected chi connectivity index (χ4v) is 1.79. The third-order valence-electron chi connectivity index (χ3n) is 2.91. The number of carbonyl (C=O) groups excluding carboxylic acids is 1. The Hall–Kier alpha value is -2.67. The minimum atomic E-state index is -0.193. The second-order valence-corrected chi connectivity index (χ2v) is 4.20. The van der Waals surface area contributed by atoms with Gasteiger partial charge in [-0.05, 0) is 25.1 Å². The summed E-state index contributed by atoms with van der Waals surface area (Å²) in [4.78, 5) is 23.8. The number of Topliss-reactive ketones (excluding diaryl/α,β-unsaturated/α-hetero) is 1. The molecule has 94 valence electrons. The zero-order valence-corrected chi connectivity index (χ0v) is 10.5. The highest BCUT2D eigenvalue weighted by Crippen LogP contribution is 2.06. The molecule has 0 N–H and O–H groups in total. The standard InChI is InChI=1S/C15H12N2O2/c1-11-3-2-4-15(19)17(11)10-14(18)13-7-5-12(9-16)6-8-13/h2-8H,10H2,1H3. The van der Waals surface area contributed by atoms with Crippen molar-refractivity contribution in [1.82, 2.24) is 4.57 Å². The van der Waals surface area contributed by atoms with Crippen molar-refractivity contribution in [3.8, 4) is 6.07 Å². The summed E-state index contributed by atoms with van der Waals surface area (Å²) in [6.07, 6.45) is 0. The Balaban J connectivity index is 2.26. The molecular formula is C15H12N2O2. The molecule has 0 saturated heterocycles. The van der Waals surface area contributed by atoms with Crippen LogP contribution in [0.1, 0.15) is 21.6 Å². The van der Waals surface area contributed by atoms with Crippen LogP contribution in [0.15, 0.2) is 47.3 Å². The van der Waals surface area contributed by atoms with Crippen LogP contribution in [-0.4, -0.2) is 10.4 Å². The molecule has 0 aliphatic carbocycles. The lowest BCUT2D eigenvalue weighted by Gasteiger charge is -2.08. The molecule has 0 atom stereocenters. The van der Waals surface area contributed by atoms with Gasteiger partial charge in [-0.1, -0.05) is 18.2 Å². The van der Waals surface area contributed by atoms with Crippen molar-refractivity contribution in [2.75, 3.05) is 0 Å². The fourth-order valence-electron chi connectivity index (χ4n) is 1.79. The first-order chi connectivity index (χ1) is 9.11. The second kappa shape index (κ2) is 5.32. The van der Waals surface area contributed by atoms with Crippen molar-refractivity contribution in [3.63, 3.8) is 0 Å². The number of pyridine rings is 1. The number of aryl methyl sites for hydroxylation is 1. The van der Waals surface area contributed by atoms with E-state index >= 15 is 0 Å². The van der Waals surface area contributed by atoms with E-state index in [-0.39, 0.29) is 17.9 Å². The first-order valence-electron chi connectivity index (χ1n) is 5.81. The first kappa shape index (κ1) is 12.8. The van der Waals surface area contributed by atoms with Crippen molar-refractivity contribution in [1.29, 1.82) is 5.26 Å². The van der Waals surface area contributed by atoms with E-state index in [0.29, 0.717) is 11.1 Å². The molecule has 0 spiro atoms. The van der Waals surface area contributed by atoms with E-state index in [4.69, 9.17) is 5.26 Å². The van der Waals surface area contributed by atoms with Gasteiger partial charge in [0, 0.05) is 17.3 Å². The lowest BCUT2D eigenvalue weighted by atomic mass is 10.1. The molecule has 19 heavy (non-hydrogen) atoms. The quantitative estimate of drug-likeness (QED) is 0.784. The average molecular weight is 252 g/mol. The number of hydrogen-bond acceptors (Lipinski definition) is 3. The van der Waals surface area contributed by atoms with E-state index in [9.17, 15) is 9.59 Å². The summed E-state index contributed by atoms with van der Waals surface area (Å²) in [6.45, 7) is 1.80. The van der Waals surface area contributed by atoms with Gasteiger partial charge in [-0.25, -0.2) is 0 Å². The predicted molar refractivity (Wildman–Crippen MR) is 70.9 cm³/mol. The van der Waals surface area contributed by atoms with Gasteiger partial charge in [-0.3, -0.25) is 9.59 Å². The summed E-state index contributed by atoms with van der Waals surface area (Å²) in [5.74, 6) is -0.152. The maximum Gasteiger partial charge on any atom is 0.251 e. The Morgan fingerprint density at radius 3 is 2.47 bits per heavy atom. The molecule has 1 aromatic heterocycles. The Labute approximate surface area is 110 Å². The van der Waals surface area contributed by atoms with E-state index in [1.165, 1.54) is 10.6 Å². The molecule has 0 aliphatic heterocycles. The van der Waals surface area contributed by atoms with Gasteiger partial charge in [0.15, 0.2) is 5.78 Å². The molecule has 0 aliphatic rings. The van der Waals surface area contributed by atoms with Crippen LogP contribution in [0.2, 0.25) is 0 Å². The van der Waals surface area contributed by atoms with Crippen molar-refractivity contribution in [3.05, 3.63) is 69.6 Å². The monoisotopic (exact) mass is 252 g/mol. The summed E-state index contributed by atoms with van der Waals surface area (Å²) in [5, 5.41) is 8.69. The van der Waals surface area contributed by atoms with Gasteiger partial charge in [-0.2, -0.15) is 5.26 Å². The van der Waals surface area contributed by atoms with Crippen molar-refractivity contribution in [2.24, 2.45) is 0 Å². The smallest absolute Gasteiger partial charge is 0.251 e. The molecule has 0 fully saturated rings. The number of ketones is 1. The molecule has 1 aromatic carbocycles. The fraction of sp³-hybridized carbons (Fsp3) is 0.133. The van der Waals surface area contributed by atoms with E-state index < -0.39 is 0 Å². The van der Waals surface area contributed by atoms with Crippen LogP contribution in [0.25, 0.3) is 0 Å². The predicted octanol–water partition coefficient (Wildman–Crippen LogP) is 1.91. The highest BCUT2D eigenvalue weighted by atomic mass is 16.1. The zero-order chi connectivity index (χ0) is 13.8. The van der Waals surface area contributed by atoms with Crippen LogP contribution >= 0.6 is 0 Å². The first-order valence-corrected chi connectivity index (χ1v) is 5.81. The number of nitriles is 1. The highest BCUT2D eigenvalue weighted by molar-refractivity contribution is 5.96. The molecular weight excluding hydrogens is 240 g/mol. The summed E-state index contributed by atoms with van der Waals surface area (Å²) in [5.41, 5.74) is 1.55. The third kappa shape index (κ3) is 2.78. The van der Waals surface area contributed by atoms with Gasteiger partial charge in [0.05, 0.1) is 18.2 Å². The lowest BCUT2D eigenvalue weighted by molar-refractivity contribution is 0.0970. The Morgan fingerprint density at radius 1 is 1.21 bits per heavy atom. The molecule has 4 nitrogen and oxygen atoms in total. The number of aromatic nitrogens is 1. The maximum absolute atomic E-state index is 12.1. The summed E-state index contributed by atoms with van der Waals surface area (Å²) >= 11 is 0. The normalized spacial score (nSPS) is 9.89. The van der Waals surface area contributed by atoms with Crippen molar-refractivity contribution >= 4 is 5.78 Å². The van der Waals surface area contributed by atoms with Crippen LogP contribution in [-0.2, 0) is 6.54 Å². The topological polar surface area (TPSA) is 62.9 Å². The van der Waals surface area contributed by atoms with Crippen LogP contribution < -0.4 is 5.56 Å². The second-order valence-electron chi connectivity index (χ2n) is 4.20. The minimum Gasteiger partial charge on any atom is -0.305 e. The SMILES string of the molecule is Cc1cccc(=O)n1CC(=O)c1ccc(C#N)cc1. The third-order valence-corrected chi connectivity index (χ3v) is 2.91. The molecule has 0 radical (unpaired) electrons. The van der Waals surface area contributed by atoms with E-state index in [1.54, 1.807) is 43.3 Å². The van der Waals surface area contributed by atoms with Gasteiger partial charge in [0.25, 0.3) is 5.56 Å². The van der Waals surface area contributed by atoms with Crippen LogP contribution in [0.5, 0.6) is 0 Å². The Morgan fingerprint density at radius 2 is 1.89 bits per heavy atom. The van der Waals surface area contributed by atoms with Gasteiger partial charge < -0.3 is 4.57 Å². The van der Waals surface area contributed by atoms with Crippen molar-refractivity contribution in [2.45, 2.75) is 13.5 Å². The van der Waals surface area contributed by atoms with E-state index in [0.717, 1.165) is 5.69 Å². The molecule has 0 unspecified atom stereocenters. The van der Waals surface area contributed by atoms with Gasteiger partial charge in [-0.15, -0.1) is 0 Å². The minimum absolute atomic E-state index is 0.0113. The van der Waals surface area contributed by atoms with Gasteiger partial charge >= 0.3 is 0 Å². The highest BCUT2D eigenvalue weighted by Gasteiger charge is 2.09. The van der Waals surface area contributed by atoms with Crippen LogP contribution in [0.4, 0.5) is 0 Å². The Bertz CT molecular complexity index is 706. The zero-order valence-electron chi connectivity index (χ0n) is 10.5. The molecule has 2 aromatic rings. The van der Waals surface area contributed by atoms with E-state index in [1.807, 2.05) is 6.07 Å². The van der Waals surface area contributed by atoms with E-state index in [2.05, 4.69) is 0 Å². The van der Waals surface area contributed by atoms with Gasteiger partial charge in [0.2, 0.25) is 0 Å². The average Bonchev–Trinajstić information content (AvgIpc) is 2.43. The van der Waals surface area contributed by atoms with Crippen LogP contribution in [0.3, 0.4) is 0 Å². The Kier molecular flexibility index (Phi) is 3.58. The number of carbonyl (C=O) groups is 1. The summed E-state index contributed by atoms with van der Waals surface area (Å²) in [6, 6.07) is 13.3. The largest absolute Gasteiger partial charge is 0.305 e. The van der Waals surface area contributed by atoms with Crippen LogP contribution in [0, 0.1) is 18.3 Å². The number of nitrogens with zero attached hydrogens (tertiary/aromatic N) is 2. The molecule has 0 saturated carbocycles. The number of hydrogen-bond donors (Lipinski definition) is 0. The molecule has 4 heteroatoms. The van der Waals surface area contributed by atoms with Gasteiger partial charge in [0.1, 0.15) is 0 Å². The summed E-state index contributed by atoms with van der Waals surface area (Å²) in [7, 11) is 0. The molecule has 0 bridgehead atoms. The molecule has 0 amide bonds. The van der Waals surface area contributed by atoms with Crippen molar-refractivity contribution < 1.29 is 4.79 Å².